The van der Waals surface area contributed by atoms with Crippen LogP contribution in [-0.2, 0) is 4.74 Å². The van der Waals surface area contributed by atoms with Crippen molar-refractivity contribution in [2.24, 2.45) is 0 Å². The predicted molar refractivity (Wildman–Crippen MR) is 127 cm³/mol. The van der Waals surface area contributed by atoms with Gasteiger partial charge < -0.3 is 28.4 Å². The van der Waals surface area contributed by atoms with Crippen molar-refractivity contribution < 1.29 is 27.8 Å². The van der Waals surface area contributed by atoms with E-state index in [0.717, 1.165) is 10.9 Å². The number of carbonyl (C=O) groups excluding carboxylic acids is 1. The number of nitrogens with one attached hydrogen (secondary N) is 1. The van der Waals surface area contributed by atoms with Crippen LogP contribution in [0.25, 0.3) is 11.0 Å². The van der Waals surface area contributed by atoms with Gasteiger partial charge >= 0.3 is 0 Å². The van der Waals surface area contributed by atoms with Crippen molar-refractivity contribution in [3.8, 4) is 11.5 Å². The number of nitrogens with zero attached hydrogens (tertiary/aromatic N) is 1. The van der Waals surface area contributed by atoms with Crippen molar-refractivity contribution in [3.63, 3.8) is 0 Å². The molecule has 4 aromatic rings. The number of amides is 1. The largest absolute Gasteiger partial charge is 0.497 e. The standard InChI is InChI=1S/C26H26N2O6/c1-30-17-9-10-20(31-2)19(16-17)24(28-11-14-32-15-12-28)25-23(18-6-3-4-7-21(18)34-25)27-26(29)22-8-5-13-33-22/h3-10,13,16,24H,11-12,14-15H2,1-2H3,(H,27,29)/t24-/m1/s1. The monoisotopic (exact) mass is 462 g/mol. The maximum Gasteiger partial charge on any atom is 0.291 e. The fourth-order valence-corrected chi connectivity index (χ4v) is 4.36. The van der Waals surface area contributed by atoms with Crippen LogP contribution in [0, 0.1) is 0 Å². The summed E-state index contributed by atoms with van der Waals surface area (Å²) in [4.78, 5) is 15.3. The number of hydrogen-bond donors (Lipinski definition) is 1. The number of methoxy groups -OCH3 is 2. The van der Waals surface area contributed by atoms with Gasteiger partial charge in [-0.2, -0.15) is 0 Å². The minimum absolute atomic E-state index is 0.220. The van der Waals surface area contributed by atoms with Gasteiger partial charge in [-0.15, -0.1) is 0 Å². The van der Waals surface area contributed by atoms with E-state index in [9.17, 15) is 4.79 Å². The summed E-state index contributed by atoms with van der Waals surface area (Å²) in [6.07, 6.45) is 1.47. The van der Waals surface area contributed by atoms with Crippen LogP contribution in [0.1, 0.15) is 27.9 Å². The molecule has 8 heteroatoms. The smallest absolute Gasteiger partial charge is 0.291 e. The first-order valence-electron chi connectivity index (χ1n) is 11.1. The zero-order valence-corrected chi connectivity index (χ0v) is 19.1. The second kappa shape index (κ2) is 9.62. The number of rotatable bonds is 7. The van der Waals surface area contributed by atoms with Gasteiger partial charge in [0.25, 0.3) is 5.91 Å². The zero-order chi connectivity index (χ0) is 23.5. The SMILES string of the molecule is COc1ccc(OC)c([C@H](c2oc3ccccc3c2NC(=O)c2ccco2)N2CCOCC2)c1. The molecule has 0 spiro atoms. The molecule has 1 atom stereocenters. The molecular weight excluding hydrogens is 436 g/mol. The molecule has 34 heavy (non-hydrogen) atoms. The van der Waals surface area contributed by atoms with Crippen LogP contribution in [0.5, 0.6) is 11.5 Å². The summed E-state index contributed by atoms with van der Waals surface area (Å²) >= 11 is 0. The molecule has 1 aliphatic heterocycles. The molecule has 176 valence electrons. The molecule has 2 aromatic carbocycles. The van der Waals surface area contributed by atoms with E-state index in [4.69, 9.17) is 23.0 Å². The molecule has 1 N–H and O–H groups in total. The first-order chi connectivity index (χ1) is 16.7. The minimum Gasteiger partial charge on any atom is -0.497 e. The highest BCUT2D eigenvalue weighted by Crippen LogP contribution is 2.44. The van der Waals surface area contributed by atoms with E-state index in [2.05, 4.69) is 10.2 Å². The second-order valence-corrected chi connectivity index (χ2v) is 7.93. The third kappa shape index (κ3) is 4.13. The molecule has 1 saturated heterocycles. The molecule has 3 heterocycles. The Kier molecular flexibility index (Phi) is 6.24. The summed E-state index contributed by atoms with van der Waals surface area (Å²) in [7, 11) is 3.27. The highest BCUT2D eigenvalue weighted by Gasteiger charge is 2.34. The molecule has 0 bridgehead atoms. The van der Waals surface area contributed by atoms with Gasteiger partial charge in [0.15, 0.2) is 11.5 Å². The van der Waals surface area contributed by atoms with E-state index >= 15 is 0 Å². The Bertz CT molecular complexity index is 1270. The highest BCUT2D eigenvalue weighted by molar-refractivity contribution is 6.08. The third-order valence-corrected chi connectivity index (χ3v) is 6.00. The first kappa shape index (κ1) is 22.1. The molecule has 8 nitrogen and oxygen atoms in total. The van der Waals surface area contributed by atoms with E-state index in [1.807, 2.05) is 42.5 Å². The second-order valence-electron chi connectivity index (χ2n) is 7.93. The van der Waals surface area contributed by atoms with Crippen LogP contribution in [0.4, 0.5) is 5.69 Å². The van der Waals surface area contributed by atoms with Gasteiger partial charge in [0, 0.05) is 24.0 Å². The molecular formula is C26H26N2O6. The molecule has 0 saturated carbocycles. The maximum atomic E-state index is 13.0. The van der Waals surface area contributed by atoms with Crippen LogP contribution in [0.15, 0.2) is 69.7 Å². The van der Waals surface area contributed by atoms with E-state index in [1.54, 1.807) is 26.4 Å². The predicted octanol–water partition coefficient (Wildman–Crippen LogP) is 4.72. The van der Waals surface area contributed by atoms with Gasteiger partial charge in [-0.3, -0.25) is 9.69 Å². The average molecular weight is 463 g/mol. The van der Waals surface area contributed by atoms with E-state index in [-0.39, 0.29) is 17.7 Å². The number of para-hydroxylation sites is 1. The van der Waals surface area contributed by atoms with Gasteiger partial charge in [0.1, 0.15) is 17.1 Å². The van der Waals surface area contributed by atoms with Crippen LogP contribution in [0.3, 0.4) is 0 Å². The van der Waals surface area contributed by atoms with Crippen LogP contribution in [0.2, 0.25) is 0 Å². The van der Waals surface area contributed by atoms with Gasteiger partial charge in [0.05, 0.1) is 45.4 Å². The lowest BCUT2D eigenvalue weighted by Gasteiger charge is -2.34. The number of ether oxygens (including phenoxy) is 3. The Morgan fingerprint density at radius 3 is 2.59 bits per heavy atom. The fourth-order valence-electron chi connectivity index (χ4n) is 4.36. The quantitative estimate of drug-likeness (QED) is 0.425. The fraction of sp³-hybridized carbons (Fsp3) is 0.269. The Labute approximate surface area is 197 Å². The summed E-state index contributed by atoms with van der Waals surface area (Å²) in [5, 5.41) is 3.84. The molecule has 1 fully saturated rings. The molecule has 0 aliphatic carbocycles. The van der Waals surface area contributed by atoms with Gasteiger partial charge in [-0.05, 0) is 42.5 Å². The number of hydrogen-bond acceptors (Lipinski definition) is 7. The Hall–Kier alpha value is -3.75. The number of carbonyl (C=O) groups is 1. The molecule has 2 aromatic heterocycles. The van der Waals surface area contributed by atoms with Gasteiger partial charge in [-0.25, -0.2) is 0 Å². The zero-order valence-electron chi connectivity index (χ0n) is 19.1. The van der Waals surface area contributed by atoms with E-state index in [1.165, 1.54) is 6.26 Å². The summed E-state index contributed by atoms with van der Waals surface area (Å²) < 4.78 is 28.6. The number of fused-ring (bicyclic) bond motifs is 1. The van der Waals surface area contributed by atoms with Crippen molar-refractivity contribution in [2.45, 2.75) is 6.04 Å². The van der Waals surface area contributed by atoms with Crippen molar-refractivity contribution in [1.82, 2.24) is 4.90 Å². The first-order valence-corrected chi connectivity index (χ1v) is 11.1. The van der Waals surface area contributed by atoms with Crippen LogP contribution < -0.4 is 14.8 Å². The number of benzene rings is 2. The van der Waals surface area contributed by atoms with Crippen molar-refractivity contribution >= 4 is 22.6 Å². The minimum atomic E-state index is -0.353. The molecule has 1 aliphatic rings. The lowest BCUT2D eigenvalue weighted by Crippen LogP contribution is -2.39. The molecule has 1 amide bonds. The lowest BCUT2D eigenvalue weighted by molar-refractivity contribution is 0.0201. The van der Waals surface area contributed by atoms with E-state index < -0.39 is 0 Å². The number of morpholine rings is 1. The number of anilines is 1. The van der Waals surface area contributed by atoms with Gasteiger partial charge in [-0.1, -0.05) is 12.1 Å². The van der Waals surface area contributed by atoms with E-state index in [0.29, 0.717) is 54.8 Å². The van der Waals surface area contributed by atoms with Crippen molar-refractivity contribution in [3.05, 3.63) is 77.9 Å². The number of furan rings is 2. The molecule has 0 unspecified atom stereocenters. The summed E-state index contributed by atoms with van der Waals surface area (Å²) in [5.74, 6) is 1.87. The molecule has 5 rings (SSSR count). The van der Waals surface area contributed by atoms with Gasteiger partial charge in [0.2, 0.25) is 0 Å². The normalized spacial score (nSPS) is 15.2. The Balaban J connectivity index is 1.69. The third-order valence-electron chi connectivity index (χ3n) is 6.00. The molecule has 0 radical (unpaired) electrons. The maximum absolute atomic E-state index is 13.0. The van der Waals surface area contributed by atoms with Crippen LogP contribution >= 0.6 is 0 Å². The summed E-state index contributed by atoms with van der Waals surface area (Å²) in [6.45, 7) is 2.56. The topological polar surface area (TPSA) is 86.3 Å². The Morgan fingerprint density at radius 1 is 1.03 bits per heavy atom. The summed E-state index contributed by atoms with van der Waals surface area (Å²) in [5.41, 5.74) is 2.14. The van der Waals surface area contributed by atoms with Crippen LogP contribution in [-0.4, -0.2) is 51.3 Å². The van der Waals surface area contributed by atoms with Crippen molar-refractivity contribution in [2.75, 3.05) is 45.8 Å². The Morgan fingerprint density at radius 2 is 1.85 bits per heavy atom. The van der Waals surface area contributed by atoms with Crippen molar-refractivity contribution in [1.29, 1.82) is 0 Å². The lowest BCUT2D eigenvalue weighted by atomic mass is 9.98. The highest BCUT2D eigenvalue weighted by atomic mass is 16.5. The summed E-state index contributed by atoms with van der Waals surface area (Å²) in [6, 6.07) is 16.3. The average Bonchev–Trinajstić information content (AvgIpc) is 3.54.